The van der Waals surface area contributed by atoms with Gasteiger partial charge < -0.3 is 10.6 Å². The summed E-state index contributed by atoms with van der Waals surface area (Å²) >= 11 is 0. The van der Waals surface area contributed by atoms with Gasteiger partial charge in [0, 0.05) is 17.8 Å². The van der Waals surface area contributed by atoms with Crippen LogP contribution in [0.15, 0.2) is 6.07 Å². The van der Waals surface area contributed by atoms with Gasteiger partial charge in [0.25, 0.3) is 0 Å². The van der Waals surface area contributed by atoms with Gasteiger partial charge in [-0.05, 0) is 39.7 Å². The molecule has 1 aliphatic rings. The number of rotatable bonds is 4. The Balaban J connectivity index is 1.77. The Bertz CT molecular complexity index is 449. The van der Waals surface area contributed by atoms with Crippen LogP contribution in [0.25, 0.3) is 0 Å². The van der Waals surface area contributed by atoms with E-state index in [1.807, 2.05) is 25.5 Å². The highest BCUT2D eigenvalue weighted by Crippen LogP contribution is 2.17. The Morgan fingerprint density at radius 1 is 1.40 bits per heavy atom. The fourth-order valence-electron chi connectivity index (χ4n) is 2.86. The first-order valence-electron chi connectivity index (χ1n) is 7.62. The number of nitrogens with one attached hydrogen (secondary N) is 2. The molecule has 20 heavy (non-hydrogen) atoms. The van der Waals surface area contributed by atoms with Crippen LogP contribution in [0.1, 0.15) is 50.4 Å². The molecule has 112 valence electrons. The third kappa shape index (κ3) is 4.25. The lowest BCUT2D eigenvalue weighted by Gasteiger charge is -2.24. The number of amides is 2. The predicted octanol–water partition coefficient (Wildman–Crippen LogP) is 2.52. The Hall–Kier alpha value is -1.52. The molecular weight excluding hydrogens is 252 g/mol. The first-order chi connectivity index (χ1) is 9.54. The summed E-state index contributed by atoms with van der Waals surface area (Å²) in [6, 6.07) is 2.42. The highest BCUT2D eigenvalue weighted by atomic mass is 16.2. The molecule has 1 aromatic rings. The van der Waals surface area contributed by atoms with Crippen molar-refractivity contribution in [3.63, 3.8) is 0 Å². The normalized spacial score (nSPS) is 17.8. The molecule has 0 aromatic carbocycles. The second-order valence-electron chi connectivity index (χ2n) is 5.96. The van der Waals surface area contributed by atoms with Gasteiger partial charge in [0.05, 0.1) is 12.2 Å². The van der Waals surface area contributed by atoms with E-state index in [0.29, 0.717) is 12.6 Å². The van der Waals surface area contributed by atoms with E-state index >= 15 is 0 Å². The summed E-state index contributed by atoms with van der Waals surface area (Å²) in [4.78, 5) is 12.0. The van der Waals surface area contributed by atoms with Crippen molar-refractivity contribution in [2.45, 2.75) is 71.5 Å². The quantitative estimate of drug-likeness (QED) is 0.889. The summed E-state index contributed by atoms with van der Waals surface area (Å²) in [7, 11) is 0. The first kappa shape index (κ1) is 14.9. The Labute approximate surface area is 121 Å². The van der Waals surface area contributed by atoms with E-state index in [4.69, 9.17) is 0 Å². The summed E-state index contributed by atoms with van der Waals surface area (Å²) < 4.78 is 1.95. The molecule has 1 heterocycles. The van der Waals surface area contributed by atoms with Crippen molar-refractivity contribution in [1.82, 2.24) is 20.4 Å². The van der Waals surface area contributed by atoms with E-state index in [1.165, 1.54) is 19.3 Å². The van der Waals surface area contributed by atoms with Crippen LogP contribution >= 0.6 is 0 Å². The number of nitrogens with zero attached hydrogens (tertiary/aromatic N) is 2. The monoisotopic (exact) mass is 278 g/mol. The lowest BCUT2D eigenvalue weighted by atomic mass is 9.96. The molecule has 0 saturated heterocycles. The summed E-state index contributed by atoms with van der Waals surface area (Å²) in [5, 5.41) is 10.5. The second kappa shape index (κ2) is 6.77. The lowest BCUT2D eigenvalue weighted by molar-refractivity contribution is 0.228. The molecule has 2 rings (SSSR count). The molecule has 5 nitrogen and oxygen atoms in total. The van der Waals surface area contributed by atoms with E-state index in [-0.39, 0.29) is 12.1 Å². The number of hydrogen-bond donors (Lipinski definition) is 2. The maximum absolute atomic E-state index is 12.0. The largest absolute Gasteiger partial charge is 0.335 e. The first-order valence-corrected chi connectivity index (χ1v) is 7.62. The molecule has 5 heteroatoms. The number of urea groups is 1. The third-order valence-corrected chi connectivity index (χ3v) is 3.87. The Kier molecular flexibility index (Phi) is 5.04. The zero-order chi connectivity index (χ0) is 14.5. The molecule has 0 radical (unpaired) electrons. The van der Waals surface area contributed by atoms with Gasteiger partial charge in [-0.3, -0.25) is 4.68 Å². The molecule has 1 fully saturated rings. The van der Waals surface area contributed by atoms with Gasteiger partial charge in [-0.25, -0.2) is 4.79 Å². The minimum absolute atomic E-state index is 0.0501. The highest BCUT2D eigenvalue weighted by molar-refractivity contribution is 5.74. The maximum Gasteiger partial charge on any atom is 0.315 e. The molecule has 1 aliphatic carbocycles. The smallest absolute Gasteiger partial charge is 0.315 e. The van der Waals surface area contributed by atoms with Gasteiger partial charge in [-0.1, -0.05) is 19.3 Å². The summed E-state index contributed by atoms with van der Waals surface area (Å²) in [5.74, 6) is 0. The van der Waals surface area contributed by atoms with Crippen molar-refractivity contribution >= 4 is 6.03 Å². The minimum atomic E-state index is -0.0501. The van der Waals surface area contributed by atoms with Crippen LogP contribution in [0.2, 0.25) is 0 Å². The molecule has 2 N–H and O–H groups in total. The standard InChI is InChI=1S/C15H26N4O/c1-11-9-13(3)19(18-11)10-12(2)16-15(20)17-14-7-5-4-6-8-14/h9,12,14H,4-8,10H2,1-3H3,(H2,16,17,20)/t12-/m0/s1. The van der Waals surface area contributed by atoms with Crippen molar-refractivity contribution in [1.29, 1.82) is 0 Å². The molecular formula is C15H26N4O. The zero-order valence-electron chi connectivity index (χ0n) is 12.8. The summed E-state index contributed by atoms with van der Waals surface area (Å²) in [5.41, 5.74) is 2.14. The van der Waals surface area contributed by atoms with Crippen molar-refractivity contribution in [2.75, 3.05) is 0 Å². The molecule has 1 atom stereocenters. The molecule has 2 amide bonds. The topological polar surface area (TPSA) is 59.0 Å². The summed E-state index contributed by atoms with van der Waals surface area (Å²) in [6.07, 6.45) is 5.98. The average Bonchev–Trinajstić information content (AvgIpc) is 2.68. The fraction of sp³-hybridized carbons (Fsp3) is 0.733. The van der Waals surface area contributed by atoms with Crippen molar-refractivity contribution < 1.29 is 4.79 Å². The van der Waals surface area contributed by atoms with Crippen molar-refractivity contribution in [3.8, 4) is 0 Å². The van der Waals surface area contributed by atoms with Gasteiger partial charge in [0.2, 0.25) is 0 Å². The highest BCUT2D eigenvalue weighted by Gasteiger charge is 2.17. The Morgan fingerprint density at radius 3 is 2.70 bits per heavy atom. The molecule has 0 aliphatic heterocycles. The van der Waals surface area contributed by atoms with E-state index in [0.717, 1.165) is 24.2 Å². The molecule has 0 unspecified atom stereocenters. The molecule has 0 bridgehead atoms. The van der Waals surface area contributed by atoms with Crippen molar-refractivity contribution in [3.05, 3.63) is 17.5 Å². The van der Waals surface area contributed by atoms with Crippen LogP contribution in [0, 0.1) is 13.8 Å². The van der Waals surface area contributed by atoms with Gasteiger partial charge in [0.15, 0.2) is 0 Å². The average molecular weight is 278 g/mol. The van der Waals surface area contributed by atoms with E-state index in [9.17, 15) is 4.79 Å². The lowest BCUT2D eigenvalue weighted by Crippen LogP contribution is -2.47. The van der Waals surface area contributed by atoms with Crippen LogP contribution in [-0.4, -0.2) is 27.9 Å². The predicted molar refractivity (Wildman–Crippen MR) is 79.7 cm³/mol. The maximum atomic E-state index is 12.0. The third-order valence-electron chi connectivity index (χ3n) is 3.87. The second-order valence-corrected chi connectivity index (χ2v) is 5.96. The number of aromatic nitrogens is 2. The molecule has 0 spiro atoms. The number of hydrogen-bond acceptors (Lipinski definition) is 2. The van der Waals surface area contributed by atoms with Gasteiger partial charge in [-0.2, -0.15) is 5.10 Å². The number of aryl methyl sites for hydroxylation is 2. The van der Waals surface area contributed by atoms with Crippen LogP contribution in [0.4, 0.5) is 4.79 Å². The van der Waals surface area contributed by atoms with E-state index < -0.39 is 0 Å². The van der Waals surface area contributed by atoms with Crippen LogP contribution < -0.4 is 10.6 Å². The van der Waals surface area contributed by atoms with Gasteiger partial charge >= 0.3 is 6.03 Å². The molecule has 1 saturated carbocycles. The van der Waals surface area contributed by atoms with E-state index in [1.54, 1.807) is 0 Å². The van der Waals surface area contributed by atoms with E-state index in [2.05, 4.69) is 21.8 Å². The SMILES string of the molecule is Cc1cc(C)n(C[C@H](C)NC(=O)NC2CCCCC2)n1. The minimum Gasteiger partial charge on any atom is -0.335 e. The number of carbonyl (C=O) groups excluding carboxylic acids is 1. The Morgan fingerprint density at radius 2 is 2.10 bits per heavy atom. The van der Waals surface area contributed by atoms with Crippen LogP contribution in [-0.2, 0) is 6.54 Å². The van der Waals surface area contributed by atoms with Crippen LogP contribution in [0.3, 0.4) is 0 Å². The van der Waals surface area contributed by atoms with Gasteiger partial charge in [0.1, 0.15) is 0 Å². The molecule has 1 aromatic heterocycles. The fourth-order valence-corrected chi connectivity index (χ4v) is 2.86. The number of carbonyl (C=O) groups is 1. The van der Waals surface area contributed by atoms with Crippen molar-refractivity contribution in [2.24, 2.45) is 0 Å². The summed E-state index contributed by atoms with van der Waals surface area (Å²) in [6.45, 7) is 6.74. The zero-order valence-corrected chi connectivity index (χ0v) is 12.8. The van der Waals surface area contributed by atoms with Gasteiger partial charge in [-0.15, -0.1) is 0 Å². The van der Waals surface area contributed by atoms with Crippen LogP contribution in [0.5, 0.6) is 0 Å².